The van der Waals surface area contributed by atoms with Crippen molar-refractivity contribution < 1.29 is 19.1 Å². The first kappa shape index (κ1) is 17.7. The van der Waals surface area contributed by atoms with Crippen LogP contribution in [0.2, 0.25) is 0 Å². The SMILES string of the molecule is O=C(O[C@@H]1C2CC(c3ccccc32)[C@@H]1OC(=O)c1ccccc1)c1ccccc1. The fraction of sp³-hybridized carbons (Fsp3) is 0.200. The second kappa shape index (κ2) is 7.21. The molecule has 4 nitrogen and oxygen atoms in total. The molecule has 2 bridgehead atoms. The van der Waals surface area contributed by atoms with Crippen LogP contribution in [-0.2, 0) is 9.47 Å². The van der Waals surface area contributed by atoms with E-state index in [0.29, 0.717) is 11.1 Å². The van der Waals surface area contributed by atoms with Crippen molar-refractivity contribution in [2.75, 3.05) is 0 Å². The number of ether oxygens (including phenoxy) is 2. The molecule has 1 saturated carbocycles. The van der Waals surface area contributed by atoms with Crippen molar-refractivity contribution >= 4 is 11.9 Å². The Bertz CT molecular complexity index is 960. The molecule has 4 atom stereocenters. The summed E-state index contributed by atoms with van der Waals surface area (Å²) in [5.41, 5.74) is 3.37. The molecule has 0 aliphatic heterocycles. The van der Waals surface area contributed by atoms with Gasteiger partial charge in [0.25, 0.3) is 0 Å². The largest absolute Gasteiger partial charge is 0.454 e. The summed E-state index contributed by atoms with van der Waals surface area (Å²) in [5, 5.41) is 0. The molecule has 29 heavy (non-hydrogen) atoms. The van der Waals surface area contributed by atoms with Crippen molar-refractivity contribution in [1.82, 2.24) is 0 Å². The minimum absolute atomic E-state index is 0.0393. The molecule has 4 heteroatoms. The molecule has 2 aliphatic rings. The maximum atomic E-state index is 12.7. The number of rotatable bonds is 4. The second-order valence-electron chi connectivity index (χ2n) is 7.55. The maximum absolute atomic E-state index is 12.7. The Morgan fingerprint density at radius 2 is 0.966 bits per heavy atom. The van der Waals surface area contributed by atoms with Crippen molar-refractivity contribution in [3.63, 3.8) is 0 Å². The summed E-state index contributed by atoms with van der Waals surface area (Å²) in [7, 11) is 0. The Labute approximate surface area is 169 Å². The third-order valence-corrected chi connectivity index (χ3v) is 5.92. The van der Waals surface area contributed by atoms with Crippen LogP contribution in [0.5, 0.6) is 0 Å². The number of benzene rings is 3. The molecule has 3 aromatic rings. The van der Waals surface area contributed by atoms with Crippen LogP contribution in [0.3, 0.4) is 0 Å². The molecular weight excluding hydrogens is 364 g/mol. The van der Waals surface area contributed by atoms with Gasteiger partial charge in [-0.15, -0.1) is 0 Å². The Balaban J connectivity index is 1.44. The molecule has 0 saturated heterocycles. The standard InChI is InChI=1S/C25H20O4/c26-24(16-9-3-1-4-10-16)28-22-20-15-21(19-14-8-7-13-18(19)20)23(22)29-25(27)17-11-5-2-6-12-17/h1-14,20-23H,15H2/t20?,21?,22-,23+. The molecule has 144 valence electrons. The van der Waals surface area contributed by atoms with Gasteiger partial charge in [-0.05, 0) is 41.8 Å². The highest BCUT2D eigenvalue weighted by Crippen LogP contribution is 2.55. The molecule has 0 aromatic heterocycles. The predicted molar refractivity (Wildman–Crippen MR) is 108 cm³/mol. The lowest BCUT2D eigenvalue weighted by molar-refractivity contribution is -0.0348. The topological polar surface area (TPSA) is 52.6 Å². The number of carbonyl (C=O) groups is 2. The summed E-state index contributed by atoms with van der Waals surface area (Å²) in [6.45, 7) is 0. The normalized spacial score (nSPS) is 24.0. The molecule has 0 heterocycles. The van der Waals surface area contributed by atoms with Gasteiger partial charge in [0.2, 0.25) is 0 Å². The van der Waals surface area contributed by atoms with Crippen molar-refractivity contribution in [2.24, 2.45) is 0 Å². The first-order valence-electron chi connectivity index (χ1n) is 9.83. The molecule has 1 fully saturated rings. The fourth-order valence-electron chi connectivity index (χ4n) is 4.62. The highest BCUT2D eigenvalue weighted by molar-refractivity contribution is 5.90. The lowest BCUT2D eigenvalue weighted by Gasteiger charge is -2.32. The molecule has 2 unspecified atom stereocenters. The number of esters is 2. The number of carbonyl (C=O) groups excluding carboxylic acids is 2. The maximum Gasteiger partial charge on any atom is 0.338 e. The zero-order chi connectivity index (χ0) is 19.8. The molecular formula is C25H20O4. The first-order chi connectivity index (χ1) is 14.2. The summed E-state index contributed by atoms with van der Waals surface area (Å²) in [5.74, 6) is -0.697. The van der Waals surface area contributed by atoms with Gasteiger partial charge in [0.05, 0.1) is 11.1 Å². The van der Waals surface area contributed by atoms with Crippen molar-refractivity contribution in [1.29, 1.82) is 0 Å². The lowest BCUT2D eigenvalue weighted by Crippen LogP contribution is -2.39. The summed E-state index contributed by atoms with van der Waals surface area (Å²) in [4.78, 5) is 25.5. The van der Waals surface area contributed by atoms with E-state index in [1.165, 1.54) is 11.1 Å². The van der Waals surface area contributed by atoms with Crippen molar-refractivity contribution in [3.8, 4) is 0 Å². The zero-order valence-corrected chi connectivity index (χ0v) is 15.7. The zero-order valence-electron chi connectivity index (χ0n) is 15.7. The van der Waals surface area contributed by atoms with Crippen LogP contribution in [-0.4, -0.2) is 24.1 Å². The Morgan fingerprint density at radius 1 is 0.586 bits per heavy atom. The minimum Gasteiger partial charge on any atom is -0.454 e. The molecule has 5 rings (SSSR count). The number of fused-ring (bicyclic) bond motifs is 5. The number of hydrogen-bond donors (Lipinski definition) is 0. The van der Waals surface area contributed by atoms with Crippen LogP contribution in [0.1, 0.15) is 50.1 Å². The molecule has 3 aromatic carbocycles. The highest BCUT2D eigenvalue weighted by atomic mass is 16.6. The van der Waals surface area contributed by atoms with E-state index < -0.39 is 12.2 Å². The summed E-state index contributed by atoms with van der Waals surface area (Å²) in [6, 6.07) is 26.0. The third-order valence-electron chi connectivity index (χ3n) is 5.92. The van der Waals surface area contributed by atoms with Crippen molar-refractivity contribution in [2.45, 2.75) is 30.5 Å². The van der Waals surface area contributed by atoms with Gasteiger partial charge < -0.3 is 9.47 Å². The fourth-order valence-corrected chi connectivity index (χ4v) is 4.62. The Morgan fingerprint density at radius 3 is 1.38 bits per heavy atom. The van der Waals surface area contributed by atoms with E-state index in [1.807, 2.05) is 24.3 Å². The van der Waals surface area contributed by atoms with E-state index in [-0.39, 0.29) is 23.8 Å². The summed E-state index contributed by atoms with van der Waals surface area (Å²) < 4.78 is 11.8. The predicted octanol–water partition coefficient (Wildman–Crippen LogP) is 4.72. The van der Waals surface area contributed by atoms with E-state index in [1.54, 1.807) is 48.5 Å². The average Bonchev–Trinajstić information content (AvgIpc) is 3.32. The summed E-state index contributed by atoms with van der Waals surface area (Å²) in [6.07, 6.45) is -0.163. The minimum atomic E-state index is -0.490. The van der Waals surface area contributed by atoms with Crippen molar-refractivity contribution in [3.05, 3.63) is 107 Å². The Kier molecular flexibility index (Phi) is 4.39. The van der Waals surface area contributed by atoms with Crippen LogP contribution in [0.25, 0.3) is 0 Å². The number of hydrogen-bond acceptors (Lipinski definition) is 4. The van der Waals surface area contributed by atoms with Gasteiger partial charge in [0.1, 0.15) is 12.2 Å². The van der Waals surface area contributed by atoms with Gasteiger partial charge in [-0.1, -0.05) is 60.7 Å². The Hall–Kier alpha value is -3.40. The van der Waals surface area contributed by atoms with Gasteiger partial charge >= 0.3 is 11.9 Å². The quantitative estimate of drug-likeness (QED) is 0.611. The molecule has 0 amide bonds. The first-order valence-corrected chi connectivity index (χ1v) is 9.83. The van der Waals surface area contributed by atoms with Gasteiger partial charge in [-0.3, -0.25) is 0 Å². The average molecular weight is 384 g/mol. The van der Waals surface area contributed by atoms with E-state index >= 15 is 0 Å². The molecule has 2 aliphatic carbocycles. The van der Waals surface area contributed by atoms with Crippen LogP contribution < -0.4 is 0 Å². The van der Waals surface area contributed by atoms with Crippen LogP contribution in [0.15, 0.2) is 84.9 Å². The monoisotopic (exact) mass is 384 g/mol. The van der Waals surface area contributed by atoms with Crippen LogP contribution in [0.4, 0.5) is 0 Å². The lowest BCUT2D eigenvalue weighted by atomic mass is 9.87. The smallest absolute Gasteiger partial charge is 0.338 e. The van der Waals surface area contributed by atoms with Crippen LogP contribution in [0, 0.1) is 0 Å². The third kappa shape index (κ3) is 3.11. The van der Waals surface area contributed by atoms with Gasteiger partial charge in [0.15, 0.2) is 0 Å². The molecule has 0 spiro atoms. The van der Waals surface area contributed by atoms with Crippen LogP contribution >= 0.6 is 0 Å². The molecule has 0 N–H and O–H groups in total. The van der Waals surface area contributed by atoms with E-state index in [4.69, 9.17) is 9.47 Å². The van der Waals surface area contributed by atoms with E-state index in [9.17, 15) is 9.59 Å². The highest BCUT2D eigenvalue weighted by Gasteiger charge is 2.55. The molecule has 0 radical (unpaired) electrons. The van der Waals surface area contributed by atoms with Gasteiger partial charge in [-0.25, -0.2) is 9.59 Å². The van der Waals surface area contributed by atoms with Gasteiger partial charge in [0, 0.05) is 11.8 Å². The van der Waals surface area contributed by atoms with E-state index in [0.717, 1.165) is 6.42 Å². The summed E-state index contributed by atoms with van der Waals surface area (Å²) >= 11 is 0. The van der Waals surface area contributed by atoms with Gasteiger partial charge in [-0.2, -0.15) is 0 Å². The second-order valence-corrected chi connectivity index (χ2v) is 7.55. The van der Waals surface area contributed by atoms with E-state index in [2.05, 4.69) is 12.1 Å².